The summed E-state index contributed by atoms with van der Waals surface area (Å²) >= 11 is 0. The highest BCUT2D eigenvalue weighted by molar-refractivity contribution is 5.80. The Bertz CT molecular complexity index is 343. The summed E-state index contributed by atoms with van der Waals surface area (Å²) in [5, 5.41) is 9.33. The van der Waals surface area contributed by atoms with Gasteiger partial charge in [0.15, 0.2) is 5.96 Å². The Morgan fingerprint density at radius 2 is 1.70 bits per heavy atom. The lowest BCUT2D eigenvalue weighted by atomic mass is 10.0. The smallest absolute Gasteiger partial charge is 0.222 e. The minimum atomic E-state index is 0.0171. The van der Waals surface area contributed by atoms with Crippen LogP contribution in [0.3, 0.4) is 0 Å². The number of carbonyl (C=O) groups excluding carboxylic acids is 1. The molecule has 0 aromatic carbocycles. The van der Waals surface area contributed by atoms with Crippen molar-refractivity contribution in [2.45, 2.75) is 54.1 Å². The van der Waals surface area contributed by atoms with Crippen LogP contribution in [0.2, 0.25) is 0 Å². The van der Waals surface area contributed by atoms with Crippen LogP contribution in [0, 0.1) is 11.8 Å². The summed E-state index contributed by atoms with van der Waals surface area (Å²) in [6.45, 7) is 15.7. The number of aliphatic imine (C=N–C) groups is 1. The largest absolute Gasteiger partial charge is 0.378 e. The molecule has 6 nitrogen and oxygen atoms in total. The van der Waals surface area contributed by atoms with E-state index in [0.717, 1.165) is 32.1 Å². The molecular weight excluding hydrogens is 292 g/mol. The molecule has 0 bridgehead atoms. The van der Waals surface area contributed by atoms with Crippen molar-refractivity contribution in [2.75, 3.05) is 32.8 Å². The van der Waals surface area contributed by atoms with E-state index in [-0.39, 0.29) is 17.9 Å². The third-order valence-electron chi connectivity index (χ3n) is 3.39. The van der Waals surface area contributed by atoms with E-state index in [2.05, 4.69) is 34.8 Å². The number of guanidine groups is 1. The van der Waals surface area contributed by atoms with Crippen LogP contribution in [0.15, 0.2) is 4.99 Å². The molecule has 0 heterocycles. The van der Waals surface area contributed by atoms with Gasteiger partial charge in [0.05, 0.1) is 6.10 Å². The average Bonchev–Trinajstić information content (AvgIpc) is 2.49. The minimum absolute atomic E-state index is 0.0171. The Hall–Kier alpha value is -1.30. The molecule has 0 rings (SSSR count). The first-order valence-corrected chi connectivity index (χ1v) is 8.83. The number of nitrogens with one attached hydrogen (secondary N) is 3. The number of nitrogens with zero attached hydrogens (tertiary/aromatic N) is 1. The lowest BCUT2D eigenvalue weighted by Crippen LogP contribution is -2.42. The zero-order valence-corrected chi connectivity index (χ0v) is 15.7. The molecule has 136 valence electrons. The number of rotatable bonds is 11. The highest BCUT2D eigenvalue weighted by Crippen LogP contribution is 2.10. The Morgan fingerprint density at radius 1 is 1.04 bits per heavy atom. The second kappa shape index (κ2) is 13.2. The summed E-state index contributed by atoms with van der Waals surface area (Å²) in [4.78, 5) is 16.1. The topological polar surface area (TPSA) is 74.8 Å². The van der Waals surface area contributed by atoms with Gasteiger partial charge in [-0.3, -0.25) is 9.79 Å². The molecule has 23 heavy (non-hydrogen) atoms. The van der Waals surface area contributed by atoms with Crippen LogP contribution in [0.5, 0.6) is 0 Å². The molecule has 3 N–H and O–H groups in total. The van der Waals surface area contributed by atoms with Crippen LogP contribution in [-0.2, 0) is 9.53 Å². The summed E-state index contributed by atoms with van der Waals surface area (Å²) in [6.07, 6.45) is 1.16. The van der Waals surface area contributed by atoms with Crippen LogP contribution in [0.4, 0.5) is 0 Å². The molecule has 0 aromatic rings. The predicted molar refractivity (Wildman–Crippen MR) is 96.7 cm³/mol. The molecule has 0 saturated carbocycles. The SMILES string of the molecule is CCNC(=NCCC(OCC)C(C)C)NCCNC(=O)C(C)C. The van der Waals surface area contributed by atoms with Crippen molar-refractivity contribution in [2.24, 2.45) is 16.8 Å². The number of hydrogen-bond donors (Lipinski definition) is 3. The van der Waals surface area contributed by atoms with Crippen molar-refractivity contribution in [3.8, 4) is 0 Å². The van der Waals surface area contributed by atoms with Crippen LogP contribution in [0.1, 0.15) is 48.0 Å². The van der Waals surface area contributed by atoms with Gasteiger partial charge in [0.2, 0.25) is 5.91 Å². The third kappa shape index (κ3) is 11.0. The summed E-state index contributed by atoms with van der Waals surface area (Å²) < 4.78 is 5.73. The van der Waals surface area contributed by atoms with Crippen LogP contribution in [-0.4, -0.2) is 50.8 Å². The molecule has 0 radical (unpaired) electrons. The number of amides is 1. The van der Waals surface area contributed by atoms with Crippen molar-refractivity contribution in [1.82, 2.24) is 16.0 Å². The van der Waals surface area contributed by atoms with E-state index in [0.29, 0.717) is 19.0 Å². The Kier molecular flexibility index (Phi) is 12.4. The van der Waals surface area contributed by atoms with E-state index in [1.54, 1.807) is 0 Å². The van der Waals surface area contributed by atoms with Gasteiger partial charge in [-0.15, -0.1) is 0 Å². The maximum atomic E-state index is 11.5. The molecular formula is C17H36N4O2. The monoisotopic (exact) mass is 328 g/mol. The molecule has 1 atom stereocenters. The maximum Gasteiger partial charge on any atom is 0.222 e. The van der Waals surface area contributed by atoms with Gasteiger partial charge < -0.3 is 20.7 Å². The molecule has 1 unspecified atom stereocenters. The van der Waals surface area contributed by atoms with E-state index in [9.17, 15) is 4.79 Å². The van der Waals surface area contributed by atoms with E-state index in [4.69, 9.17) is 4.74 Å². The molecule has 0 fully saturated rings. The van der Waals surface area contributed by atoms with E-state index < -0.39 is 0 Å². The Morgan fingerprint density at radius 3 is 2.22 bits per heavy atom. The molecule has 6 heteroatoms. The maximum absolute atomic E-state index is 11.5. The molecule has 0 aliphatic heterocycles. The fourth-order valence-electron chi connectivity index (χ4n) is 2.04. The fourth-order valence-corrected chi connectivity index (χ4v) is 2.04. The van der Waals surface area contributed by atoms with Gasteiger partial charge in [0, 0.05) is 38.7 Å². The van der Waals surface area contributed by atoms with Crippen LogP contribution < -0.4 is 16.0 Å². The lowest BCUT2D eigenvalue weighted by Gasteiger charge is -2.20. The van der Waals surface area contributed by atoms with Gasteiger partial charge >= 0.3 is 0 Å². The number of hydrogen-bond acceptors (Lipinski definition) is 3. The van der Waals surface area contributed by atoms with Crippen molar-refractivity contribution in [1.29, 1.82) is 0 Å². The molecule has 1 amide bonds. The first-order valence-electron chi connectivity index (χ1n) is 8.83. The van der Waals surface area contributed by atoms with Crippen molar-refractivity contribution < 1.29 is 9.53 Å². The highest BCUT2D eigenvalue weighted by Gasteiger charge is 2.12. The zero-order chi connectivity index (χ0) is 17.7. The Labute approximate surface area is 141 Å². The summed E-state index contributed by atoms with van der Waals surface area (Å²) in [7, 11) is 0. The fraction of sp³-hybridized carbons (Fsp3) is 0.882. The van der Waals surface area contributed by atoms with E-state index >= 15 is 0 Å². The van der Waals surface area contributed by atoms with E-state index in [1.807, 2.05) is 27.7 Å². The first-order chi connectivity index (χ1) is 10.9. The molecule has 0 saturated heterocycles. The quantitative estimate of drug-likeness (QED) is 0.307. The summed E-state index contributed by atoms with van der Waals surface area (Å²) in [5.41, 5.74) is 0. The van der Waals surface area contributed by atoms with Crippen LogP contribution >= 0.6 is 0 Å². The van der Waals surface area contributed by atoms with Gasteiger partial charge in [0.1, 0.15) is 0 Å². The first kappa shape index (κ1) is 21.7. The van der Waals surface area contributed by atoms with Gasteiger partial charge in [-0.25, -0.2) is 0 Å². The van der Waals surface area contributed by atoms with Crippen molar-refractivity contribution >= 4 is 11.9 Å². The number of carbonyl (C=O) groups is 1. The highest BCUT2D eigenvalue weighted by atomic mass is 16.5. The van der Waals surface area contributed by atoms with Gasteiger partial charge in [0.25, 0.3) is 0 Å². The molecule has 0 aliphatic rings. The summed E-state index contributed by atoms with van der Waals surface area (Å²) in [5.74, 6) is 1.37. The second-order valence-electron chi connectivity index (χ2n) is 6.16. The van der Waals surface area contributed by atoms with E-state index in [1.165, 1.54) is 0 Å². The normalized spacial score (nSPS) is 13.3. The molecule has 0 aliphatic carbocycles. The zero-order valence-electron chi connectivity index (χ0n) is 15.7. The summed E-state index contributed by atoms with van der Waals surface area (Å²) in [6, 6.07) is 0. The number of ether oxygens (including phenoxy) is 1. The van der Waals surface area contributed by atoms with Crippen LogP contribution in [0.25, 0.3) is 0 Å². The standard InChI is InChI=1S/C17H36N4O2/c1-7-18-17(21-12-11-19-16(22)14(5)6)20-10-9-15(13(3)4)23-8-2/h13-15H,7-12H2,1-6H3,(H,19,22)(H2,18,20,21). The average molecular weight is 329 g/mol. The molecule has 0 aromatic heterocycles. The van der Waals surface area contributed by atoms with Crippen molar-refractivity contribution in [3.05, 3.63) is 0 Å². The second-order valence-corrected chi connectivity index (χ2v) is 6.16. The predicted octanol–water partition coefficient (Wildman–Crippen LogP) is 1.76. The van der Waals surface area contributed by atoms with Gasteiger partial charge in [-0.05, 0) is 26.2 Å². The molecule has 0 spiro atoms. The Balaban J connectivity index is 4.19. The third-order valence-corrected chi connectivity index (χ3v) is 3.39. The van der Waals surface area contributed by atoms with Gasteiger partial charge in [-0.2, -0.15) is 0 Å². The van der Waals surface area contributed by atoms with Crippen molar-refractivity contribution in [3.63, 3.8) is 0 Å². The minimum Gasteiger partial charge on any atom is -0.378 e. The lowest BCUT2D eigenvalue weighted by molar-refractivity contribution is -0.123. The van der Waals surface area contributed by atoms with Gasteiger partial charge in [-0.1, -0.05) is 27.7 Å².